The van der Waals surface area contributed by atoms with Crippen LogP contribution in [-0.2, 0) is 11.3 Å². The van der Waals surface area contributed by atoms with Crippen LogP contribution >= 0.6 is 0 Å². The van der Waals surface area contributed by atoms with E-state index in [0.717, 1.165) is 25.4 Å². The van der Waals surface area contributed by atoms with Crippen LogP contribution in [0.5, 0.6) is 5.75 Å². The highest BCUT2D eigenvalue weighted by molar-refractivity contribution is 5.80. The van der Waals surface area contributed by atoms with Gasteiger partial charge in [0.05, 0.1) is 6.10 Å². The average molecular weight is 306 g/mol. The SMILES string of the molecule is CC(C)Oc1cccc(CN2CCN(C(=O)C(C)O)CC2)c1. The maximum atomic E-state index is 11.8. The summed E-state index contributed by atoms with van der Waals surface area (Å²) in [5.41, 5.74) is 1.22. The Labute approximate surface area is 132 Å². The molecule has 1 heterocycles. The molecule has 22 heavy (non-hydrogen) atoms. The first-order chi connectivity index (χ1) is 10.5. The molecular weight excluding hydrogens is 280 g/mol. The lowest BCUT2D eigenvalue weighted by Gasteiger charge is -2.35. The van der Waals surface area contributed by atoms with Crippen LogP contribution in [0.3, 0.4) is 0 Å². The van der Waals surface area contributed by atoms with Crippen LogP contribution in [-0.4, -0.2) is 59.2 Å². The van der Waals surface area contributed by atoms with E-state index in [4.69, 9.17) is 4.74 Å². The van der Waals surface area contributed by atoms with Crippen molar-refractivity contribution in [1.29, 1.82) is 0 Å². The van der Waals surface area contributed by atoms with Crippen molar-refractivity contribution in [2.24, 2.45) is 0 Å². The predicted octanol–water partition coefficient (Wildman–Crippen LogP) is 1.50. The second-order valence-electron chi connectivity index (χ2n) is 6.09. The molecule has 1 saturated heterocycles. The van der Waals surface area contributed by atoms with Gasteiger partial charge in [0.1, 0.15) is 11.9 Å². The van der Waals surface area contributed by atoms with Gasteiger partial charge in [0.25, 0.3) is 5.91 Å². The van der Waals surface area contributed by atoms with Gasteiger partial charge in [0, 0.05) is 32.7 Å². The predicted molar refractivity (Wildman–Crippen MR) is 85.7 cm³/mol. The van der Waals surface area contributed by atoms with Gasteiger partial charge in [-0.15, -0.1) is 0 Å². The van der Waals surface area contributed by atoms with E-state index in [-0.39, 0.29) is 12.0 Å². The first-order valence-corrected chi connectivity index (χ1v) is 7.90. The molecule has 2 rings (SSSR count). The Morgan fingerprint density at radius 3 is 2.50 bits per heavy atom. The summed E-state index contributed by atoms with van der Waals surface area (Å²) in [4.78, 5) is 15.8. The Hall–Kier alpha value is -1.59. The third-order valence-corrected chi connectivity index (χ3v) is 3.72. The van der Waals surface area contributed by atoms with Crippen molar-refractivity contribution in [2.45, 2.75) is 39.5 Å². The Balaban J connectivity index is 1.87. The summed E-state index contributed by atoms with van der Waals surface area (Å²) in [5, 5.41) is 9.36. The Kier molecular flexibility index (Phi) is 5.80. The van der Waals surface area contributed by atoms with Gasteiger partial charge in [-0.05, 0) is 38.5 Å². The standard InChI is InChI=1S/C17H26N2O3/c1-13(2)22-16-6-4-5-15(11-16)12-18-7-9-19(10-8-18)17(21)14(3)20/h4-6,11,13-14,20H,7-10,12H2,1-3H3. The van der Waals surface area contributed by atoms with E-state index in [2.05, 4.69) is 17.0 Å². The molecule has 5 heteroatoms. The van der Waals surface area contributed by atoms with Crippen LogP contribution < -0.4 is 4.74 Å². The largest absolute Gasteiger partial charge is 0.491 e. The van der Waals surface area contributed by atoms with E-state index in [9.17, 15) is 9.90 Å². The quantitative estimate of drug-likeness (QED) is 0.896. The van der Waals surface area contributed by atoms with E-state index in [0.29, 0.717) is 13.1 Å². The fourth-order valence-corrected chi connectivity index (χ4v) is 2.64. The van der Waals surface area contributed by atoms with Gasteiger partial charge in [0.2, 0.25) is 0 Å². The van der Waals surface area contributed by atoms with Gasteiger partial charge in [-0.25, -0.2) is 0 Å². The van der Waals surface area contributed by atoms with E-state index in [1.165, 1.54) is 12.5 Å². The summed E-state index contributed by atoms with van der Waals surface area (Å²) in [7, 11) is 0. The first-order valence-electron chi connectivity index (χ1n) is 7.90. The number of benzene rings is 1. The average Bonchev–Trinajstić information content (AvgIpc) is 2.47. The monoisotopic (exact) mass is 306 g/mol. The van der Waals surface area contributed by atoms with Crippen LogP contribution in [0.4, 0.5) is 0 Å². The Morgan fingerprint density at radius 1 is 1.23 bits per heavy atom. The zero-order chi connectivity index (χ0) is 16.1. The molecule has 0 aromatic heterocycles. The van der Waals surface area contributed by atoms with Crippen LogP contribution in [0.15, 0.2) is 24.3 Å². The maximum Gasteiger partial charge on any atom is 0.251 e. The van der Waals surface area contributed by atoms with Crippen LogP contribution in [0.1, 0.15) is 26.3 Å². The minimum Gasteiger partial charge on any atom is -0.491 e. The van der Waals surface area contributed by atoms with Gasteiger partial charge in [0.15, 0.2) is 0 Å². The summed E-state index contributed by atoms with van der Waals surface area (Å²) < 4.78 is 5.72. The number of carbonyl (C=O) groups is 1. The van der Waals surface area contributed by atoms with Gasteiger partial charge >= 0.3 is 0 Å². The molecule has 1 aromatic rings. The lowest BCUT2D eigenvalue weighted by atomic mass is 10.2. The van der Waals surface area contributed by atoms with Crippen molar-refractivity contribution in [3.05, 3.63) is 29.8 Å². The van der Waals surface area contributed by atoms with Gasteiger partial charge < -0.3 is 14.7 Å². The fourth-order valence-electron chi connectivity index (χ4n) is 2.64. The molecule has 1 unspecified atom stereocenters. The number of hydrogen-bond acceptors (Lipinski definition) is 4. The van der Waals surface area contributed by atoms with Crippen molar-refractivity contribution in [2.75, 3.05) is 26.2 Å². The summed E-state index contributed by atoms with van der Waals surface area (Å²) in [6, 6.07) is 8.16. The normalized spacial score (nSPS) is 17.6. The molecule has 0 bridgehead atoms. The fraction of sp³-hybridized carbons (Fsp3) is 0.588. The number of carbonyl (C=O) groups excluding carboxylic acids is 1. The first kappa shape index (κ1) is 16.8. The Morgan fingerprint density at radius 2 is 1.91 bits per heavy atom. The molecular formula is C17H26N2O3. The Bertz CT molecular complexity index is 494. The van der Waals surface area contributed by atoms with E-state index in [1.54, 1.807) is 4.90 Å². The van der Waals surface area contributed by atoms with Gasteiger partial charge in [-0.2, -0.15) is 0 Å². The number of nitrogens with zero attached hydrogens (tertiary/aromatic N) is 2. The molecule has 122 valence electrons. The summed E-state index contributed by atoms with van der Waals surface area (Å²) in [6.07, 6.45) is -0.735. The topological polar surface area (TPSA) is 53.0 Å². The van der Waals surface area contributed by atoms with Gasteiger partial charge in [-0.3, -0.25) is 9.69 Å². The van der Waals surface area contributed by atoms with Crippen molar-refractivity contribution in [3.8, 4) is 5.75 Å². The van der Waals surface area contributed by atoms with Crippen molar-refractivity contribution in [1.82, 2.24) is 9.80 Å². The zero-order valence-corrected chi connectivity index (χ0v) is 13.7. The number of piperazine rings is 1. The minimum atomic E-state index is -0.906. The third kappa shape index (κ3) is 4.71. The lowest BCUT2D eigenvalue weighted by molar-refractivity contribution is -0.141. The molecule has 1 aliphatic heterocycles. The highest BCUT2D eigenvalue weighted by Gasteiger charge is 2.23. The highest BCUT2D eigenvalue weighted by Crippen LogP contribution is 2.17. The third-order valence-electron chi connectivity index (χ3n) is 3.72. The maximum absolute atomic E-state index is 11.8. The van der Waals surface area contributed by atoms with E-state index in [1.807, 2.05) is 26.0 Å². The second kappa shape index (κ2) is 7.61. The summed E-state index contributed by atoms with van der Waals surface area (Å²) in [5.74, 6) is 0.724. The van der Waals surface area contributed by atoms with Crippen molar-refractivity contribution < 1.29 is 14.6 Å². The second-order valence-corrected chi connectivity index (χ2v) is 6.09. The van der Waals surface area contributed by atoms with Crippen LogP contribution in [0, 0.1) is 0 Å². The number of aliphatic hydroxyl groups excluding tert-OH is 1. The summed E-state index contributed by atoms with van der Waals surface area (Å²) in [6.45, 7) is 9.41. The molecule has 0 spiro atoms. The molecule has 1 amide bonds. The number of rotatable bonds is 5. The number of ether oxygens (including phenoxy) is 1. The molecule has 1 N–H and O–H groups in total. The molecule has 1 aliphatic rings. The van der Waals surface area contributed by atoms with Crippen LogP contribution in [0.25, 0.3) is 0 Å². The smallest absolute Gasteiger partial charge is 0.251 e. The molecule has 5 nitrogen and oxygen atoms in total. The zero-order valence-electron chi connectivity index (χ0n) is 13.7. The molecule has 1 fully saturated rings. The molecule has 0 radical (unpaired) electrons. The number of amides is 1. The molecule has 0 saturated carbocycles. The van der Waals surface area contributed by atoms with E-state index < -0.39 is 6.10 Å². The van der Waals surface area contributed by atoms with Gasteiger partial charge in [-0.1, -0.05) is 12.1 Å². The number of aliphatic hydroxyl groups is 1. The van der Waals surface area contributed by atoms with Crippen molar-refractivity contribution in [3.63, 3.8) is 0 Å². The minimum absolute atomic E-state index is 0.172. The van der Waals surface area contributed by atoms with Crippen molar-refractivity contribution >= 4 is 5.91 Å². The van der Waals surface area contributed by atoms with E-state index >= 15 is 0 Å². The molecule has 1 atom stereocenters. The molecule has 0 aliphatic carbocycles. The molecule has 1 aromatic carbocycles. The summed E-state index contributed by atoms with van der Waals surface area (Å²) >= 11 is 0. The highest BCUT2D eigenvalue weighted by atomic mass is 16.5. The van der Waals surface area contributed by atoms with Crippen LogP contribution in [0.2, 0.25) is 0 Å². The lowest BCUT2D eigenvalue weighted by Crippen LogP contribution is -2.50. The number of hydrogen-bond donors (Lipinski definition) is 1.